The van der Waals surface area contributed by atoms with E-state index in [2.05, 4.69) is 15.5 Å². The topological polar surface area (TPSA) is 44.4 Å². The first-order valence-electron chi connectivity index (χ1n) is 10.0. The van der Waals surface area contributed by atoms with Crippen LogP contribution in [0, 0.1) is 11.3 Å². The molecule has 0 aromatic heterocycles. The molecule has 0 radical (unpaired) electrons. The molecule has 2 aliphatic carbocycles. The maximum atomic E-state index is 12.6. The molecule has 4 heteroatoms. The number of hydrogen-bond acceptors (Lipinski definition) is 3. The van der Waals surface area contributed by atoms with Gasteiger partial charge in [0, 0.05) is 31.1 Å². The molecule has 1 spiro atoms. The normalized spacial score (nSPS) is 32.8. The van der Waals surface area contributed by atoms with Gasteiger partial charge in [0.1, 0.15) is 0 Å². The number of nitrogens with zero attached hydrogens (tertiary/aromatic N) is 1. The van der Waals surface area contributed by atoms with Gasteiger partial charge in [-0.15, -0.1) is 0 Å². The van der Waals surface area contributed by atoms with E-state index in [0.717, 1.165) is 38.4 Å². The molecule has 4 nitrogen and oxygen atoms in total. The minimum absolute atomic E-state index is 0.320. The van der Waals surface area contributed by atoms with Gasteiger partial charge in [-0.25, -0.2) is 0 Å². The maximum absolute atomic E-state index is 12.6. The average Bonchev–Trinajstić information content (AvgIpc) is 3.30. The fraction of sp³-hybridized carbons (Fsp3) is 0.947. The monoisotopic (exact) mass is 319 g/mol. The summed E-state index contributed by atoms with van der Waals surface area (Å²) in [5.41, 5.74) is 0.373. The third kappa shape index (κ3) is 3.43. The molecule has 1 unspecified atom stereocenters. The third-order valence-corrected chi connectivity index (χ3v) is 7.07. The first-order valence-corrected chi connectivity index (χ1v) is 10.0. The standard InChI is InChI=1S/C19H33N3O/c23-18(17-14-19(17)8-10-20-11-9-19)21-15-6-12-22(13-7-15)16-4-2-1-3-5-16/h15-17,20H,1-14H2,(H,21,23). The molecule has 4 fully saturated rings. The van der Waals surface area contributed by atoms with Crippen LogP contribution >= 0.6 is 0 Å². The highest BCUT2D eigenvalue weighted by Crippen LogP contribution is 2.58. The molecule has 2 N–H and O–H groups in total. The van der Waals surface area contributed by atoms with Gasteiger partial charge in [0.25, 0.3) is 0 Å². The van der Waals surface area contributed by atoms with Crippen molar-refractivity contribution in [3.05, 3.63) is 0 Å². The van der Waals surface area contributed by atoms with E-state index in [1.807, 2.05) is 0 Å². The first-order chi connectivity index (χ1) is 11.3. The molecular formula is C19H33N3O. The molecule has 1 amide bonds. The molecule has 1 atom stereocenters. The number of piperidine rings is 2. The van der Waals surface area contributed by atoms with E-state index in [1.54, 1.807) is 0 Å². The van der Waals surface area contributed by atoms with Crippen LogP contribution < -0.4 is 10.6 Å². The van der Waals surface area contributed by atoms with Crippen molar-refractivity contribution in [1.82, 2.24) is 15.5 Å². The summed E-state index contributed by atoms with van der Waals surface area (Å²) in [5.74, 6) is 0.684. The Labute approximate surface area is 140 Å². The van der Waals surface area contributed by atoms with E-state index in [1.165, 1.54) is 58.0 Å². The average molecular weight is 319 g/mol. The Bertz CT molecular complexity index is 418. The predicted octanol–water partition coefficient (Wildman–Crippen LogP) is 2.29. The summed E-state index contributed by atoms with van der Waals surface area (Å²) in [7, 11) is 0. The fourth-order valence-electron chi connectivity index (χ4n) is 5.35. The Hall–Kier alpha value is -0.610. The zero-order chi connectivity index (χ0) is 15.7. The van der Waals surface area contributed by atoms with Crippen molar-refractivity contribution < 1.29 is 4.79 Å². The van der Waals surface area contributed by atoms with E-state index >= 15 is 0 Å². The lowest BCUT2D eigenvalue weighted by Crippen LogP contribution is -2.49. The first kappa shape index (κ1) is 15.9. The Kier molecular flexibility index (Phi) is 4.64. The van der Waals surface area contributed by atoms with Gasteiger partial charge in [-0.1, -0.05) is 19.3 Å². The SMILES string of the molecule is O=C(NC1CCN(C2CCCCC2)CC1)C1CC12CCNCC2. The molecule has 2 heterocycles. The van der Waals surface area contributed by atoms with Crippen molar-refractivity contribution in [3.8, 4) is 0 Å². The van der Waals surface area contributed by atoms with Crippen molar-refractivity contribution in [2.75, 3.05) is 26.2 Å². The molecule has 23 heavy (non-hydrogen) atoms. The summed E-state index contributed by atoms with van der Waals surface area (Å²) >= 11 is 0. The smallest absolute Gasteiger partial charge is 0.223 e. The second-order valence-electron chi connectivity index (χ2n) is 8.48. The van der Waals surface area contributed by atoms with Crippen LogP contribution in [0.4, 0.5) is 0 Å². The molecule has 2 saturated heterocycles. The van der Waals surface area contributed by atoms with Crippen LogP contribution in [0.3, 0.4) is 0 Å². The highest BCUT2D eigenvalue weighted by Gasteiger charge is 2.57. The quantitative estimate of drug-likeness (QED) is 0.839. The summed E-state index contributed by atoms with van der Waals surface area (Å²) in [6, 6.07) is 1.27. The highest BCUT2D eigenvalue weighted by atomic mass is 16.2. The number of rotatable bonds is 3. The van der Waals surface area contributed by atoms with Gasteiger partial charge in [0.05, 0.1) is 0 Å². The predicted molar refractivity (Wildman–Crippen MR) is 92.3 cm³/mol. The van der Waals surface area contributed by atoms with Gasteiger partial charge < -0.3 is 15.5 Å². The Balaban J connectivity index is 1.21. The molecule has 130 valence electrons. The molecular weight excluding hydrogens is 286 g/mol. The molecule has 0 aromatic carbocycles. The second-order valence-corrected chi connectivity index (χ2v) is 8.48. The van der Waals surface area contributed by atoms with Crippen LogP contribution in [0.2, 0.25) is 0 Å². The third-order valence-electron chi connectivity index (χ3n) is 7.07. The van der Waals surface area contributed by atoms with Gasteiger partial charge in [0.15, 0.2) is 0 Å². The molecule has 4 rings (SSSR count). The number of amides is 1. The zero-order valence-electron chi connectivity index (χ0n) is 14.5. The summed E-state index contributed by atoms with van der Waals surface area (Å²) in [6.07, 6.45) is 12.9. The Morgan fingerprint density at radius 3 is 2.39 bits per heavy atom. The Morgan fingerprint density at radius 2 is 1.70 bits per heavy atom. The second kappa shape index (κ2) is 6.72. The van der Waals surface area contributed by atoms with E-state index in [0.29, 0.717) is 23.3 Å². The van der Waals surface area contributed by atoms with Gasteiger partial charge in [0.2, 0.25) is 5.91 Å². The van der Waals surface area contributed by atoms with Gasteiger partial charge >= 0.3 is 0 Å². The van der Waals surface area contributed by atoms with Gasteiger partial charge in [-0.2, -0.15) is 0 Å². The summed E-state index contributed by atoms with van der Waals surface area (Å²) in [5, 5.41) is 6.81. The lowest BCUT2D eigenvalue weighted by atomic mass is 9.91. The summed E-state index contributed by atoms with van der Waals surface area (Å²) < 4.78 is 0. The molecule has 2 saturated carbocycles. The minimum Gasteiger partial charge on any atom is -0.353 e. The lowest BCUT2D eigenvalue weighted by molar-refractivity contribution is -0.124. The van der Waals surface area contributed by atoms with Crippen molar-refractivity contribution in [2.45, 2.75) is 76.3 Å². The Morgan fingerprint density at radius 1 is 1.00 bits per heavy atom. The van der Waals surface area contributed by atoms with Crippen LogP contribution in [-0.4, -0.2) is 49.1 Å². The maximum Gasteiger partial charge on any atom is 0.223 e. The van der Waals surface area contributed by atoms with Crippen molar-refractivity contribution >= 4 is 5.91 Å². The van der Waals surface area contributed by atoms with Crippen molar-refractivity contribution in [2.24, 2.45) is 11.3 Å². The van der Waals surface area contributed by atoms with Gasteiger partial charge in [-0.05, 0) is 63.5 Å². The molecule has 4 aliphatic rings. The lowest BCUT2D eigenvalue weighted by Gasteiger charge is -2.39. The van der Waals surface area contributed by atoms with Crippen molar-refractivity contribution in [1.29, 1.82) is 0 Å². The van der Waals surface area contributed by atoms with Crippen LogP contribution in [0.25, 0.3) is 0 Å². The highest BCUT2D eigenvalue weighted by molar-refractivity contribution is 5.82. The van der Waals surface area contributed by atoms with Crippen LogP contribution in [0.15, 0.2) is 0 Å². The number of carbonyl (C=O) groups is 1. The largest absolute Gasteiger partial charge is 0.353 e. The van der Waals surface area contributed by atoms with E-state index in [9.17, 15) is 4.79 Å². The fourth-order valence-corrected chi connectivity index (χ4v) is 5.35. The van der Waals surface area contributed by atoms with Gasteiger partial charge in [-0.3, -0.25) is 4.79 Å². The number of carbonyl (C=O) groups excluding carboxylic acids is 1. The van der Waals surface area contributed by atoms with E-state index < -0.39 is 0 Å². The molecule has 0 aromatic rings. The molecule has 2 aliphatic heterocycles. The summed E-state index contributed by atoms with van der Waals surface area (Å²) in [4.78, 5) is 15.3. The van der Waals surface area contributed by atoms with Crippen LogP contribution in [0.1, 0.15) is 64.2 Å². The number of likely N-dealkylation sites (tertiary alicyclic amines) is 1. The van der Waals surface area contributed by atoms with E-state index in [-0.39, 0.29) is 0 Å². The number of nitrogens with one attached hydrogen (secondary N) is 2. The van der Waals surface area contributed by atoms with Crippen LogP contribution in [0.5, 0.6) is 0 Å². The summed E-state index contributed by atoms with van der Waals surface area (Å²) in [6.45, 7) is 4.58. The molecule has 0 bridgehead atoms. The minimum atomic E-state index is 0.320. The van der Waals surface area contributed by atoms with Crippen molar-refractivity contribution in [3.63, 3.8) is 0 Å². The number of hydrogen-bond donors (Lipinski definition) is 2. The van der Waals surface area contributed by atoms with Crippen LogP contribution in [-0.2, 0) is 4.79 Å². The van der Waals surface area contributed by atoms with E-state index in [4.69, 9.17) is 0 Å². The zero-order valence-corrected chi connectivity index (χ0v) is 14.5.